The quantitative estimate of drug-likeness (QED) is 0.0375. The Hall–Kier alpha value is -4.07. The van der Waals surface area contributed by atoms with E-state index in [1.807, 2.05) is 72.8 Å². The average Bonchev–Trinajstić information content (AvgIpc) is 2.99. The van der Waals surface area contributed by atoms with Crippen LogP contribution in [0, 0.1) is 0 Å². The number of carboxylic acids is 1. The molecule has 0 radical (unpaired) electrons. The third kappa shape index (κ3) is 9.50. The molecule has 0 aromatic heterocycles. The third-order valence-corrected chi connectivity index (χ3v) is 7.38. The Labute approximate surface area is 250 Å². The Balaban J connectivity index is 1.95. The number of allylic oxidation sites excluding steroid dienone is 1. The number of quaternary nitrogens is 1. The van der Waals surface area contributed by atoms with Crippen LogP contribution in [0.4, 0.5) is 5.69 Å². The first kappa shape index (κ1) is 32.4. The van der Waals surface area contributed by atoms with Crippen molar-refractivity contribution in [1.82, 2.24) is 0 Å². The van der Waals surface area contributed by atoms with Crippen LogP contribution in [-0.2, 0) is 16.1 Å². The van der Waals surface area contributed by atoms with Gasteiger partial charge < -0.3 is 9.59 Å². The molecule has 0 aliphatic rings. The van der Waals surface area contributed by atoms with Gasteiger partial charge in [-0.2, -0.15) is 0 Å². The summed E-state index contributed by atoms with van der Waals surface area (Å²) in [5.74, 6) is 5.37. The minimum atomic E-state index is -0.973. The van der Waals surface area contributed by atoms with Gasteiger partial charge in [-0.05, 0) is 31.7 Å². The van der Waals surface area contributed by atoms with Crippen molar-refractivity contribution in [3.8, 4) is 0 Å². The van der Waals surface area contributed by atoms with Gasteiger partial charge in [0, 0.05) is 16.7 Å². The fraction of sp³-hybridized carbons (Fsp3) is 0.343. The van der Waals surface area contributed by atoms with Crippen molar-refractivity contribution < 1.29 is 19.2 Å². The number of aliphatic carboxylic acids is 1. The lowest BCUT2D eigenvalue weighted by atomic mass is 9.99. The maximum absolute atomic E-state index is 13.7. The fourth-order valence-corrected chi connectivity index (χ4v) is 5.30. The van der Waals surface area contributed by atoms with E-state index in [-0.39, 0.29) is 12.5 Å². The van der Waals surface area contributed by atoms with Crippen molar-refractivity contribution >= 4 is 23.3 Å². The topological polar surface area (TPSA) is 96.0 Å². The van der Waals surface area contributed by atoms with Crippen molar-refractivity contribution in [3.63, 3.8) is 0 Å². The second kappa shape index (κ2) is 16.4. The molecule has 0 saturated heterocycles. The number of aliphatic imine (C=N–C) groups is 1. The Kier molecular flexibility index (Phi) is 12.7. The number of nitrogens with zero attached hydrogens (tertiary/aromatic N) is 3. The number of likely N-dealkylation sites (N-methyl/N-ethyl adjacent to an activating group) is 1. The summed E-state index contributed by atoms with van der Waals surface area (Å²) in [4.78, 5) is 30.8. The normalized spacial score (nSPS) is 13.6. The highest BCUT2D eigenvalue weighted by Gasteiger charge is 2.29. The Morgan fingerprint density at radius 1 is 0.976 bits per heavy atom. The van der Waals surface area contributed by atoms with Gasteiger partial charge in [0.1, 0.15) is 12.6 Å². The summed E-state index contributed by atoms with van der Waals surface area (Å²) in [6, 6.07) is 26.0. The summed E-state index contributed by atoms with van der Waals surface area (Å²) < 4.78 is 0.516. The second-order valence-electron chi connectivity index (χ2n) is 11.1. The molecule has 3 aromatic rings. The number of rotatable bonds is 17. The van der Waals surface area contributed by atoms with E-state index in [1.165, 1.54) is 5.01 Å². The SMILES string of the molecule is C=CCCCCC[C@H](N=C(c1ccccc1)c1ccccc1N(N)C(=O)C[N+](C)(CCC)Cc1ccccc1)C(=O)O. The summed E-state index contributed by atoms with van der Waals surface area (Å²) in [6.07, 6.45) is 6.75. The van der Waals surface area contributed by atoms with Crippen LogP contribution in [0.25, 0.3) is 0 Å². The van der Waals surface area contributed by atoms with Crippen LogP contribution in [0.5, 0.6) is 0 Å². The number of anilines is 1. The van der Waals surface area contributed by atoms with Gasteiger partial charge in [0.15, 0.2) is 6.54 Å². The summed E-state index contributed by atoms with van der Waals surface area (Å²) in [6.45, 7) is 7.61. The molecule has 0 bridgehead atoms. The van der Waals surface area contributed by atoms with Gasteiger partial charge in [-0.1, -0.05) is 105 Å². The van der Waals surface area contributed by atoms with Gasteiger partial charge in [-0.3, -0.25) is 9.79 Å². The molecule has 222 valence electrons. The monoisotopic (exact) mass is 569 g/mol. The first-order valence-corrected chi connectivity index (χ1v) is 14.8. The molecule has 42 heavy (non-hydrogen) atoms. The van der Waals surface area contributed by atoms with Gasteiger partial charge in [0.05, 0.1) is 25.0 Å². The number of hydrazine groups is 1. The van der Waals surface area contributed by atoms with Gasteiger partial charge in [-0.15, -0.1) is 6.58 Å². The highest BCUT2D eigenvalue weighted by Crippen LogP contribution is 2.25. The van der Waals surface area contributed by atoms with Crippen LogP contribution in [0.3, 0.4) is 0 Å². The molecule has 1 unspecified atom stereocenters. The molecular weight excluding hydrogens is 524 g/mol. The van der Waals surface area contributed by atoms with Crippen molar-refractivity contribution in [2.45, 2.75) is 58.0 Å². The highest BCUT2D eigenvalue weighted by atomic mass is 16.4. The number of carbonyl (C=O) groups is 2. The van der Waals surface area contributed by atoms with Crippen LogP contribution in [0.2, 0.25) is 0 Å². The van der Waals surface area contributed by atoms with E-state index >= 15 is 0 Å². The maximum Gasteiger partial charge on any atom is 0.328 e. The van der Waals surface area contributed by atoms with E-state index in [1.54, 1.807) is 6.07 Å². The molecule has 1 amide bonds. The molecule has 0 spiro atoms. The van der Waals surface area contributed by atoms with Crippen LogP contribution in [-0.4, -0.2) is 53.4 Å². The number of hydrogen-bond donors (Lipinski definition) is 2. The van der Waals surface area contributed by atoms with Crippen molar-refractivity contribution in [2.75, 3.05) is 25.1 Å². The minimum Gasteiger partial charge on any atom is -0.480 e. The van der Waals surface area contributed by atoms with Gasteiger partial charge in [-0.25, -0.2) is 15.6 Å². The molecular formula is C35H45N4O3+. The lowest BCUT2D eigenvalue weighted by molar-refractivity contribution is -0.915. The fourth-order valence-electron chi connectivity index (χ4n) is 5.30. The predicted octanol–water partition coefficient (Wildman–Crippen LogP) is 6.38. The maximum atomic E-state index is 13.7. The number of unbranched alkanes of at least 4 members (excludes halogenated alkanes) is 3. The van der Waals surface area contributed by atoms with Crippen LogP contribution < -0.4 is 10.9 Å². The molecule has 7 heteroatoms. The number of carboxylic acid groups (broad SMARTS) is 1. The lowest BCUT2D eigenvalue weighted by Gasteiger charge is -2.35. The number of carbonyl (C=O) groups excluding carboxylic acids is 1. The van der Waals surface area contributed by atoms with E-state index < -0.39 is 12.0 Å². The second-order valence-corrected chi connectivity index (χ2v) is 11.1. The van der Waals surface area contributed by atoms with Crippen LogP contribution in [0.1, 0.15) is 62.1 Å². The zero-order chi connectivity index (χ0) is 30.4. The first-order chi connectivity index (χ1) is 20.3. The number of benzene rings is 3. The molecule has 0 fully saturated rings. The van der Waals surface area contributed by atoms with Gasteiger partial charge >= 0.3 is 5.97 Å². The molecule has 0 heterocycles. The molecule has 3 rings (SSSR count). The number of hydrogen-bond acceptors (Lipinski definition) is 4. The standard InChI is InChI=1S/C35H44N4O3/c1-4-6-7-8-15-23-31(35(41)42)37-34(29-20-13-10-14-21-29)30-22-16-17-24-32(30)38(36)33(40)27-39(3,25-5-2)26-28-18-11-9-12-19-28/h4,9-14,16-22,24,31H,1,5-8,15,23,25-27,36H2,2-3H3/p+1/t31-,39?/m0/s1. The summed E-state index contributed by atoms with van der Waals surface area (Å²) in [5.41, 5.74) is 3.53. The minimum absolute atomic E-state index is 0.216. The van der Waals surface area contributed by atoms with Gasteiger partial charge in [0.25, 0.3) is 5.91 Å². The number of para-hydroxylation sites is 1. The van der Waals surface area contributed by atoms with E-state index in [9.17, 15) is 14.7 Å². The molecule has 0 aliphatic carbocycles. The van der Waals surface area contributed by atoms with Crippen molar-refractivity contribution in [1.29, 1.82) is 0 Å². The molecule has 7 nitrogen and oxygen atoms in total. The smallest absolute Gasteiger partial charge is 0.328 e. The van der Waals surface area contributed by atoms with Crippen molar-refractivity contribution in [3.05, 3.63) is 114 Å². The third-order valence-electron chi connectivity index (χ3n) is 7.38. The Morgan fingerprint density at radius 3 is 2.26 bits per heavy atom. The molecule has 0 saturated carbocycles. The van der Waals surface area contributed by atoms with E-state index in [0.717, 1.165) is 49.8 Å². The van der Waals surface area contributed by atoms with Crippen molar-refractivity contribution in [2.24, 2.45) is 10.8 Å². The van der Waals surface area contributed by atoms with Crippen LogP contribution in [0.15, 0.2) is 103 Å². The predicted molar refractivity (Wildman–Crippen MR) is 171 cm³/mol. The Morgan fingerprint density at radius 2 is 1.62 bits per heavy atom. The summed E-state index contributed by atoms with van der Waals surface area (Å²) in [7, 11) is 2.08. The molecule has 3 N–H and O–H groups in total. The zero-order valence-corrected chi connectivity index (χ0v) is 25.0. The van der Waals surface area contributed by atoms with E-state index in [0.29, 0.717) is 34.4 Å². The van der Waals surface area contributed by atoms with E-state index in [4.69, 9.17) is 10.8 Å². The lowest BCUT2D eigenvalue weighted by Crippen LogP contribution is -2.53. The van der Waals surface area contributed by atoms with E-state index in [2.05, 4.69) is 32.7 Å². The summed E-state index contributed by atoms with van der Waals surface area (Å²) >= 11 is 0. The number of amides is 1. The van der Waals surface area contributed by atoms with Crippen LogP contribution >= 0.6 is 0 Å². The number of nitrogens with two attached hydrogens (primary N) is 1. The summed E-state index contributed by atoms with van der Waals surface area (Å²) in [5, 5.41) is 11.3. The molecule has 3 aromatic carbocycles. The first-order valence-electron chi connectivity index (χ1n) is 14.8. The highest BCUT2D eigenvalue weighted by molar-refractivity contribution is 6.17. The van der Waals surface area contributed by atoms with Gasteiger partial charge in [0.2, 0.25) is 0 Å². The average molecular weight is 570 g/mol. The Bertz CT molecular complexity index is 1330. The molecule has 0 aliphatic heterocycles. The zero-order valence-electron chi connectivity index (χ0n) is 25.0. The molecule has 2 atom stereocenters. The largest absolute Gasteiger partial charge is 0.480 e.